The number of carbonyl (C=O) groups excluding carboxylic acids is 1. The highest BCUT2D eigenvalue weighted by atomic mass is 32.2. The summed E-state index contributed by atoms with van der Waals surface area (Å²) < 4.78 is 54.0. The highest BCUT2D eigenvalue weighted by Gasteiger charge is 2.32. The Morgan fingerprint density at radius 3 is 2.40 bits per heavy atom. The Labute approximate surface area is 234 Å². The number of sulfonamides is 1. The molecule has 0 bridgehead atoms. The molecule has 2 aliphatic rings. The molecule has 1 fully saturated rings. The minimum Gasteiger partial charge on any atom is -0.454 e. The molecule has 0 aliphatic carbocycles. The van der Waals surface area contributed by atoms with Crippen molar-refractivity contribution in [3.05, 3.63) is 78.6 Å². The fourth-order valence-corrected chi connectivity index (χ4v) is 6.93. The number of aromatic nitrogens is 3. The van der Waals surface area contributed by atoms with Crippen LogP contribution in [0, 0.1) is 5.82 Å². The van der Waals surface area contributed by atoms with Crippen molar-refractivity contribution < 1.29 is 27.1 Å². The van der Waals surface area contributed by atoms with Crippen molar-refractivity contribution in [1.29, 1.82) is 0 Å². The van der Waals surface area contributed by atoms with Gasteiger partial charge in [0.1, 0.15) is 10.7 Å². The molecule has 0 N–H and O–H groups in total. The quantitative estimate of drug-likeness (QED) is 0.306. The van der Waals surface area contributed by atoms with Crippen LogP contribution in [0.15, 0.2) is 82.8 Å². The molecule has 13 heteroatoms. The summed E-state index contributed by atoms with van der Waals surface area (Å²) in [5, 5.41) is 9.33. The van der Waals surface area contributed by atoms with Gasteiger partial charge in [-0.05, 0) is 42.5 Å². The van der Waals surface area contributed by atoms with Gasteiger partial charge < -0.3 is 14.4 Å². The molecule has 3 heterocycles. The molecule has 0 saturated carbocycles. The molecule has 0 spiro atoms. The summed E-state index contributed by atoms with van der Waals surface area (Å²) in [7, 11) is -3.98. The maximum atomic E-state index is 14.1. The van der Waals surface area contributed by atoms with Crippen molar-refractivity contribution in [1.82, 2.24) is 24.0 Å². The van der Waals surface area contributed by atoms with Gasteiger partial charge in [-0.2, -0.15) is 4.31 Å². The van der Waals surface area contributed by atoms with E-state index < -0.39 is 15.8 Å². The lowest BCUT2D eigenvalue weighted by molar-refractivity contribution is -0.129. The number of halogens is 1. The molecule has 10 nitrogen and oxygen atoms in total. The van der Waals surface area contributed by atoms with Gasteiger partial charge in [-0.25, -0.2) is 12.8 Å². The zero-order valence-corrected chi connectivity index (χ0v) is 22.8. The molecule has 2 aliphatic heterocycles. The van der Waals surface area contributed by atoms with Crippen LogP contribution in [0.4, 0.5) is 4.39 Å². The normalized spacial score (nSPS) is 15.4. The third kappa shape index (κ3) is 5.03. The highest BCUT2D eigenvalue weighted by Crippen LogP contribution is 2.37. The van der Waals surface area contributed by atoms with Crippen LogP contribution >= 0.6 is 11.8 Å². The van der Waals surface area contributed by atoms with Crippen LogP contribution in [0.2, 0.25) is 0 Å². The summed E-state index contributed by atoms with van der Waals surface area (Å²) in [5.74, 6) is 1.02. The minimum atomic E-state index is -3.98. The predicted octanol–water partition coefficient (Wildman–Crippen LogP) is 3.43. The molecule has 0 atom stereocenters. The van der Waals surface area contributed by atoms with Gasteiger partial charge in [-0.1, -0.05) is 42.1 Å². The molecule has 6 rings (SSSR count). The van der Waals surface area contributed by atoms with E-state index in [9.17, 15) is 17.6 Å². The third-order valence-corrected chi connectivity index (χ3v) is 9.49. The van der Waals surface area contributed by atoms with Gasteiger partial charge in [0, 0.05) is 37.4 Å². The maximum absolute atomic E-state index is 14.1. The Kier molecular flexibility index (Phi) is 7.17. The van der Waals surface area contributed by atoms with Gasteiger partial charge in [0.05, 0.1) is 5.75 Å². The first-order chi connectivity index (χ1) is 19.4. The SMILES string of the molecule is O=C(CSc1nnc(-c2ccc3c(c2)OCO3)n1-c1ccccc1)N1CCN(S(=O)(=O)c2ccccc2F)CC1. The van der Waals surface area contributed by atoms with E-state index in [0.29, 0.717) is 22.5 Å². The van der Waals surface area contributed by atoms with Gasteiger partial charge >= 0.3 is 0 Å². The topological polar surface area (TPSA) is 107 Å². The largest absolute Gasteiger partial charge is 0.454 e. The lowest BCUT2D eigenvalue weighted by atomic mass is 10.2. The highest BCUT2D eigenvalue weighted by molar-refractivity contribution is 7.99. The van der Waals surface area contributed by atoms with Gasteiger partial charge in [-0.15, -0.1) is 10.2 Å². The number of amides is 1. The van der Waals surface area contributed by atoms with E-state index in [1.165, 1.54) is 34.3 Å². The van der Waals surface area contributed by atoms with E-state index >= 15 is 0 Å². The van der Waals surface area contributed by atoms with Crippen molar-refractivity contribution in [2.24, 2.45) is 0 Å². The van der Waals surface area contributed by atoms with Crippen molar-refractivity contribution in [2.75, 3.05) is 38.7 Å². The number of rotatable bonds is 7. The van der Waals surface area contributed by atoms with E-state index in [2.05, 4.69) is 10.2 Å². The molecular formula is C27H24FN5O5S2. The summed E-state index contributed by atoms with van der Waals surface area (Å²) >= 11 is 1.25. The number of ether oxygens (including phenoxy) is 2. The minimum absolute atomic E-state index is 0.0849. The number of thioether (sulfide) groups is 1. The zero-order valence-electron chi connectivity index (χ0n) is 21.1. The second-order valence-corrected chi connectivity index (χ2v) is 11.9. The Hall–Kier alpha value is -3.94. The van der Waals surface area contributed by atoms with Crippen LogP contribution in [-0.4, -0.2) is 77.0 Å². The van der Waals surface area contributed by atoms with Crippen LogP contribution in [0.25, 0.3) is 17.1 Å². The van der Waals surface area contributed by atoms with Crippen molar-refractivity contribution in [2.45, 2.75) is 10.1 Å². The number of hydrogen-bond acceptors (Lipinski definition) is 8. The average molecular weight is 582 g/mol. The second kappa shape index (κ2) is 10.9. The van der Waals surface area contributed by atoms with Crippen molar-refractivity contribution in [3.8, 4) is 28.6 Å². The summed E-state index contributed by atoms with van der Waals surface area (Å²) in [4.78, 5) is 14.3. The number of fused-ring (bicyclic) bond motifs is 1. The molecular weight excluding hydrogens is 557 g/mol. The fourth-order valence-electron chi connectivity index (χ4n) is 4.58. The van der Waals surface area contributed by atoms with E-state index in [0.717, 1.165) is 17.3 Å². The van der Waals surface area contributed by atoms with Crippen molar-refractivity contribution >= 4 is 27.7 Å². The van der Waals surface area contributed by atoms with Gasteiger partial charge in [0.2, 0.25) is 22.7 Å². The first-order valence-corrected chi connectivity index (χ1v) is 14.9. The Morgan fingerprint density at radius 2 is 1.62 bits per heavy atom. The Balaban J connectivity index is 1.16. The molecule has 0 unspecified atom stereocenters. The fraction of sp³-hybridized carbons (Fsp3) is 0.222. The Bertz CT molecular complexity index is 1660. The molecule has 1 amide bonds. The number of carbonyl (C=O) groups is 1. The second-order valence-electron chi connectivity index (χ2n) is 9.05. The first kappa shape index (κ1) is 26.3. The van der Waals surface area contributed by atoms with Gasteiger partial charge in [0.25, 0.3) is 0 Å². The molecule has 206 valence electrons. The van der Waals surface area contributed by atoms with Crippen molar-refractivity contribution in [3.63, 3.8) is 0 Å². The lowest BCUT2D eigenvalue weighted by Crippen LogP contribution is -2.51. The zero-order chi connectivity index (χ0) is 27.7. The van der Waals surface area contributed by atoms with Crippen LogP contribution in [-0.2, 0) is 14.8 Å². The smallest absolute Gasteiger partial charge is 0.246 e. The molecule has 0 radical (unpaired) electrons. The number of benzene rings is 3. The molecule has 1 saturated heterocycles. The van der Waals surface area contributed by atoms with Gasteiger partial charge in [-0.3, -0.25) is 9.36 Å². The van der Waals surface area contributed by atoms with Crippen LogP contribution in [0.5, 0.6) is 11.5 Å². The summed E-state index contributed by atoms with van der Waals surface area (Å²) in [6.45, 7) is 0.752. The van der Waals surface area contributed by atoms with E-state index in [1.54, 1.807) is 4.90 Å². The number of nitrogens with zero attached hydrogens (tertiary/aromatic N) is 5. The number of hydrogen-bond donors (Lipinski definition) is 0. The summed E-state index contributed by atoms with van der Waals surface area (Å²) in [6, 6.07) is 20.4. The van der Waals surface area contributed by atoms with E-state index in [4.69, 9.17) is 9.47 Å². The summed E-state index contributed by atoms with van der Waals surface area (Å²) in [6.07, 6.45) is 0. The number of piperazine rings is 1. The predicted molar refractivity (Wildman–Crippen MR) is 145 cm³/mol. The lowest BCUT2D eigenvalue weighted by Gasteiger charge is -2.34. The van der Waals surface area contributed by atoms with E-state index in [1.807, 2.05) is 53.1 Å². The van der Waals surface area contributed by atoms with Crippen LogP contribution < -0.4 is 9.47 Å². The third-order valence-electron chi connectivity index (χ3n) is 6.65. The Morgan fingerprint density at radius 1 is 0.900 bits per heavy atom. The van der Waals surface area contributed by atoms with Gasteiger partial charge in [0.15, 0.2) is 22.5 Å². The van der Waals surface area contributed by atoms with Crippen LogP contribution in [0.1, 0.15) is 0 Å². The standard InChI is InChI=1S/C27H24FN5O5S2/c28-21-8-4-5-9-24(21)40(35,36)32-14-12-31(13-15-32)25(34)17-39-27-30-29-26(33(27)20-6-2-1-3-7-20)19-10-11-22-23(16-19)38-18-37-22/h1-11,16H,12-15,17-18H2. The molecule has 1 aromatic heterocycles. The van der Waals surface area contributed by atoms with Crippen LogP contribution in [0.3, 0.4) is 0 Å². The molecule has 4 aromatic rings. The summed E-state index contributed by atoms with van der Waals surface area (Å²) in [5.41, 5.74) is 1.62. The molecule has 3 aromatic carbocycles. The molecule has 40 heavy (non-hydrogen) atoms. The van der Waals surface area contributed by atoms with E-state index in [-0.39, 0.29) is 49.5 Å². The monoisotopic (exact) mass is 581 g/mol. The maximum Gasteiger partial charge on any atom is 0.246 e. The average Bonchev–Trinajstić information content (AvgIpc) is 3.63. The number of para-hydroxylation sites is 1. The first-order valence-electron chi connectivity index (χ1n) is 12.5.